The van der Waals surface area contributed by atoms with Crippen LogP contribution in [-0.4, -0.2) is 76.0 Å². The van der Waals surface area contributed by atoms with Crippen LogP contribution in [0, 0.1) is 0 Å². The number of carboxylic acids is 1. The number of nitrogens with zero attached hydrogens (tertiary/aromatic N) is 4. The first-order valence-corrected chi connectivity index (χ1v) is 12.5. The van der Waals surface area contributed by atoms with E-state index in [4.69, 9.17) is 4.74 Å². The van der Waals surface area contributed by atoms with Gasteiger partial charge in [0.15, 0.2) is 5.75 Å². The Morgan fingerprint density at radius 3 is 2.53 bits per heavy atom. The van der Waals surface area contributed by atoms with Crippen LogP contribution in [0.2, 0.25) is 0 Å². The van der Waals surface area contributed by atoms with E-state index in [0.29, 0.717) is 22.4 Å². The number of aliphatic carboxylic acids is 1. The van der Waals surface area contributed by atoms with Gasteiger partial charge in [0.25, 0.3) is 5.56 Å². The lowest BCUT2D eigenvalue weighted by atomic mass is 10.0. The van der Waals surface area contributed by atoms with Gasteiger partial charge < -0.3 is 20.1 Å². The Morgan fingerprint density at radius 2 is 1.87 bits per heavy atom. The molecule has 3 aromatic rings. The number of likely N-dealkylation sites (N-methyl/N-ethyl adjacent to an activating group) is 1. The van der Waals surface area contributed by atoms with Crippen LogP contribution in [0.15, 0.2) is 65.6 Å². The van der Waals surface area contributed by atoms with E-state index >= 15 is 0 Å². The molecule has 2 amide bonds. The van der Waals surface area contributed by atoms with E-state index < -0.39 is 18.0 Å². The normalized spacial score (nSPS) is 16.1. The summed E-state index contributed by atoms with van der Waals surface area (Å²) in [5, 5.41) is 16.4. The van der Waals surface area contributed by atoms with Crippen molar-refractivity contribution in [2.75, 3.05) is 27.2 Å². The quantitative estimate of drug-likeness (QED) is 0.446. The van der Waals surface area contributed by atoms with Gasteiger partial charge in [0.1, 0.15) is 6.04 Å². The number of carbonyl (C=O) groups excluding carboxylic acids is 1. The topological polar surface area (TPSA) is 117 Å². The maximum Gasteiger partial charge on any atom is 0.326 e. The van der Waals surface area contributed by atoms with Crippen LogP contribution >= 0.6 is 0 Å². The molecule has 1 unspecified atom stereocenters. The lowest BCUT2D eigenvalue weighted by molar-refractivity contribution is -0.139. The number of rotatable bonds is 9. The molecule has 2 N–H and O–H groups in total. The minimum atomic E-state index is -1.11. The number of carboxylic acid groups (broad SMARTS) is 1. The molecule has 38 heavy (non-hydrogen) atoms. The Bertz CT molecular complexity index is 1330. The highest BCUT2D eigenvalue weighted by Crippen LogP contribution is 2.26. The van der Waals surface area contributed by atoms with E-state index in [9.17, 15) is 19.5 Å². The van der Waals surface area contributed by atoms with Crippen molar-refractivity contribution in [2.24, 2.45) is 7.05 Å². The van der Waals surface area contributed by atoms with Gasteiger partial charge in [-0.1, -0.05) is 54.6 Å². The Balaban J connectivity index is 1.38. The van der Waals surface area contributed by atoms with Gasteiger partial charge in [0.2, 0.25) is 0 Å². The summed E-state index contributed by atoms with van der Waals surface area (Å²) in [6.07, 6.45) is 2.40. The lowest BCUT2D eigenvalue weighted by Gasteiger charge is -2.27. The molecule has 1 aliphatic rings. The standard InChI is InChI=1S/C28H33N5O5/c1-31(22-13-14-33(18-22)17-20-7-5-4-6-8-20)28(37)30-23(27(35)36)15-19-9-11-21(12-10-19)25-24(38-3)16-29-32(2)26(25)34/h4-12,16,22-23H,13-15,17-18H2,1-3H3,(H,30,37)(H,35,36)/t22?,23-/m0/s1. The van der Waals surface area contributed by atoms with Crippen LogP contribution in [0.5, 0.6) is 5.75 Å². The summed E-state index contributed by atoms with van der Waals surface area (Å²) in [4.78, 5) is 41.4. The molecule has 0 aliphatic carbocycles. The van der Waals surface area contributed by atoms with E-state index in [-0.39, 0.29) is 18.0 Å². The molecule has 1 fully saturated rings. The van der Waals surface area contributed by atoms with Gasteiger partial charge in [-0.25, -0.2) is 14.3 Å². The zero-order valence-corrected chi connectivity index (χ0v) is 21.8. The predicted molar refractivity (Wildman–Crippen MR) is 143 cm³/mol. The molecule has 0 saturated carbocycles. The summed E-state index contributed by atoms with van der Waals surface area (Å²) >= 11 is 0. The Kier molecular flexibility index (Phi) is 8.42. The van der Waals surface area contributed by atoms with Gasteiger partial charge in [-0.2, -0.15) is 5.10 Å². The number of nitrogens with one attached hydrogen (secondary N) is 1. The number of aromatic nitrogens is 2. The maximum atomic E-state index is 13.0. The molecular formula is C28H33N5O5. The minimum absolute atomic E-state index is 0.00500. The zero-order chi connectivity index (χ0) is 27.2. The second-order valence-electron chi connectivity index (χ2n) is 9.53. The molecule has 0 bridgehead atoms. The highest BCUT2D eigenvalue weighted by molar-refractivity contribution is 5.83. The van der Waals surface area contributed by atoms with Gasteiger partial charge in [-0.15, -0.1) is 0 Å². The van der Waals surface area contributed by atoms with Crippen molar-refractivity contribution in [3.05, 3.63) is 82.3 Å². The Hall–Kier alpha value is -4.18. The van der Waals surface area contributed by atoms with Gasteiger partial charge in [0, 0.05) is 46.2 Å². The van der Waals surface area contributed by atoms with Crippen LogP contribution in [0.25, 0.3) is 11.1 Å². The average Bonchev–Trinajstić information content (AvgIpc) is 3.38. The molecule has 0 spiro atoms. The van der Waals surface area contributed by atoms with Crippen molar-refractivity contribution in [1.29, 1.82) is 0 Å². The highest BCUT2D eigenvalue weighted by Gasteiger charge is 2.30. The number of urea groups is 1. The highest BCUT2D eigenvalue weighted by atomic mass is 16.5. The summed E-state index contributed by atoms with van der Waals surface area (Å²) in [6.45, 7) is 2.42. The molecule has 200 valence electrons. The molecule has 1 aromatic heterocycles. The molecule has 2 heterocycles. The Morgan fingerprint density at radius 1 is 1.16 bits per heavy atom. The molecule has 0 radical (unpaired) electrons. The maximum absolute atomic E-state index is 13.0. The summed E-state index contributed by atoms with van der Waals surface area (Å²) < 4.78 is 6.52. The first kappa shape index (κ1) is 26.9. The van der Waals surface area contributed by atoms with E-state index in [1.54, 1.807) is 43.3 Å². The molecule has 10 heteroatoms. The first-order chi connectivity index (χ1) is 18.3. The van der Waals surface area contributed by atoms with Crippen molar-refractivity contribution in [2.45, 2.75) is 31.5 Å². The second-order valence-corrected chi connectivity index (χ2v) is 9.53. The predicted octanol–water partition coefficient (Wildman–Crippen LogP) is 2.37. The number of ether oxygens (including phenoxy) is 1. The van der Waals surface area contributed by atoms with Crippen molar-refractivity contribution in [3.8, 4) is 16.9 Å². The molecule has 2 aromatic carbocycles. The third-order valence-corrected chi connectivity index (χ3v) is 6.97. The number of hydrogen-bond acceptors (Lipinski definition) is 6. The van der Waals surface area contributed by atoms with Gasteiger partial charge in [0.05, 0.1) is 18.9 Å². The van der Waals surface area contributed by atoms with Crippen molar-refractivity contribution < 1.29 is 19.4 Å². The smallest absolute Gasteiger partial charge is 0.326 e. The fourth-order valence-electron chi connectivity index (χ4n) is 4.72. The SMILES string of the molecule is COc1cnn(C)c(=O)c1-c1ccc(C[C@H](NC(=O)N(C)C2CCN(Cc3ccccc3)C2)C(=O)O)cc1. The first-order valence-electron chi connectivity index (χ1n) is 12.5. The minimum Gasteiger partial charge on any atom is -0.494 e. The molecule has 1 saturated heterocycles. The zero-order valence-electron chi connectivity index (χ0n) is 21.8. The molecule has 10 nitrogen and oxygen atoms in total. The second kappa shape index (κ2) is 11.9. The van der Waals surface area contributed by atoms with E-state index in [1.807, 2.05) is 18.2 Å². The third kappa shape index (κ3) is 6.20. The molecule has 4 rings (SSSR count). The van der Waals surface area contributed by atoms with Gasteiger partial charge >= 0.3 is 12.0 Å². The lowest BCUT2D eigenvalue weighted by Crippen LogP contribution is -2.51. The molecule has 1 aliphatic heterocycles. The van der Waals surface area contributed by atoms with Gasteiger partial charge in [-0.05, 0) is 23.1 Å². The van der Waals surface area contributed by atoms with E-state index in [2.05, 4.69) is 27.4 Å². The summed E-state index contributed by atoms with van der Waals surface area (Å²) in [6, 6.07) is 15.7. The fraction of sp³-hybridized carbons (Fsp3) is 0.357. The number of aryl methyl sites for hydroxylation is 1. The number of methoxy groups -OCH3 is 1. The monoisotopic (exact) mass is 519 g/mol. The number of benzene rings is 2. The van der Waals surface area contributed by atoms with Crippen molar-refractivity contribution >= 4 is 12.0 Å². The average molecular weight is 520 g/mol. The van der Waals surface area contributed by atoms with Crippen molar-refractivity contribution in [1.82, 2.24) is 24.9 Å². The third-order valence-electron chi connectivity index (χ3n) is 6.97. The number of amides is 2. The van der Waals surface area contributed by atoms with Crippen LogP contribution in [0.1, 0.15) is 17.5 Å². The largest absolute Gasteiger partial charge is 0.494 e. The van der Waals surface area contributed by atoms with Gasteiger partial charge in [-0.3, -0.25) is 9.69 Å². The van der Waals surface area contributed by atoms with Crippen molar-refractivity contribution in [3.63, 3.8) is 0 Å². The van der Waals surface area contributed by atoms with Crippen LogP contribution < -0.4 is 15.6 Å². The van der Waals surface area contributed by atoms with Crippen LogP contribution in [0.4, 0.5) is 4.79 Å². The number of likely N-dealkylation sites (tertiary alicyclic amines) is 1. The summed E-state index contributed by atoms with van der Waals surface area (Å²) in [7, 11) is 4.74. The Labute approximate surface area is 221 Å². The van der Waals surface area contributed by atoms with E-state index in [0.717, 1.165) is 26.1 Å². The summed E-state index contributed by atoms with van der Waals surface area (Å²) in [5.74, 6) is -0.758. The molecular weight excluding hydrogens is 486 g/mol. The van der Waals surface area contributed by atoms with Crippen LogP contribution in [-0.2, 0) is 24.8 Å². The number of hydrogen-bond donors (Lipinski definition) is 2. The fourth-order valence-corrected chi connectivity index (χ4v) is 4.72. The summed E-state index contributed by atoms with van der Waals surface area (Å²) in [5.41, 5.74) is 2.64. The number of carbonyl (C=O) groups is 2. The van der Waals surface area contributed by atoms with E-state index in [1.165, 1.54) is 23.6 Å². The molecule has 2 atom stereocenters. The van der Waals surface area contributed by atoms with Crippen LogP contribution in [0.3, 0.4) is 0 Å².